The quantitative estimate of drug-likeness (QED) is 0.862. The van der Waals surface area contributed by atoms with Crippen LogP contribution < -0.4 is 5.32 Å². The average Bonchev–Trinajstić information content (AvgIpc) is 2.41. The maximum Gasteiger partial charge on any atom is 0.131 e. The van der Waals surface area contributed by atoms with E-state index < -0.39 is 0 Å². The van der Waals surface area contributed by atoms with Crippen LogP contribution in [0.4, 0.5) is 8.78 Å². The molecular weight excluding hydrogens is 280 g/mol. The third-order valence-electron chi connectivity index (χ3n) is 3.15. The van der Waals surface area contributed by atoms with Gasteiger partial charge in [0.1, 0.15) is 11.6 Å². The third kappa shape index (κ3) is 3.17. The van der Waals surface area contributed by atoms with Gasteiger partial charge in [-0.15, -0.1) is 0 Å². The van der Waals surface area contributed by atoms with E-state index >= 15 is 0 Å². The summed E-state index contributed by atoms with van der Waals surface area (Å²) in [6.07, 6.45) is 0. The van der Waals surface area contributed by atoms with Crippen LogP contribution in [0.25, 0.3) is 11.1 Å². The lowest BCUT2D eigenvalue weighted by atomic mass is 10.0. The number of hydrogen-bond donors (Lipinski definition) is 1. The van der Waals surface area contributed by atoms with Gasteiger partial charge in [-0.05, 0) is 42.8 Å². The molecule has 0 amide bonds. The van der Waals surface area contributed by atoms with E-state index in [4.69, 9.17) is 11.6 Å². The molecule has 0 aromatic heterocycles. The van der Waals surface area contributed by atoms with Crippen molar-refractivity contribution in [1.29, 1.82) is 0 Å². The fourth-order valence-electron chi connectivity index (χ4n) is 2.02. The van der Waals surface area contributed by atoms with Gasteiger partial charge in [0.15, 0.2) is 0 Å². The van der Waals surface area contributed by atoms with E-state index in [1.165, 1.54) is 12.1 Å². The summed E-state index contributed by atoms with van der Waals surface area (Å²) in [5.41, 5.74) is 2.21. The standard InChI is InChI=1S/C16H16ClF2N/c1-3-20-9-11-4-5-12(16(19)7-11)13-6-10(2)15(18)8-14(13)17/h4-8,20H,3,9H2,1-2H3. The van der Waals surface area contributed by atoms with Gasteiger partial charge in [-0.2, -0.15) is 0 Å². The first kappa shape index (κ1) is 14.9. The van der Waals surface area contributed by atoms with Crippen LogP contribution in [0, 0.1) is 18.6 Å². The molecule has 0 saturated heterocycles. The molecule has 1 N–H and O–H groups in total. The number of halogens is 3. The van der Waals surface area contributed by atoms with E-state index in [1.54, 1.807) is 19.1 Å². The highest BCUT2D eigenvalue weighted by atomic mass is 35.5. The molecular formula is C16H16ClF2N. The number of hydrogen-bond acceptors (Lipinski definition) is 1. The summed E-state index contributed by atoms with van der Waals surface area (Å²) >= 11 is 6.01. The van der Waals surface area contributed by atoms with Crippen molar-refractivity contribution >= 4 is 11.6 Å². The summed E-state index contributed by atoms with van der Waals surface area (Å²) in [6, 6.07) is 7.79. The van der Waals surface area contributed by atoms with Crippen molar-refractivity contribution in [2.45, 2.75) is 20.4 Å². The number of rotatable bonds is 4. The molecule has 4 heteroatoms. The van der Waals surface area contributed by atoms with Crippen LogP contribution in [0.1, 0.15) is 18.1 Å². The smallest absolute Gasteiger partial charge is 0.131 e. The Balaban J connectivity index is 2.41. The minimum atomic E-state index is -0.386. The van der Waals surface area contributed by atoms with Crippen molar-refractivity contribution in [2.75, 3.05) is 6.54 Å². The fraction of sp³-hybridized carbons (Fsp3) is 0.250. The SMILES string of the molecule is CCNCc1ccc(-c2cc(C)c(F)cc2Cl)c(F)c1. The van der Waals surface area contributed by atoms with E-state index in [0.29, 0.717) is 23.2 Å². The molecule has 0 bridgehead atoms. The summed E-state index contributed by atoms with van der Waals surface area (Å²) in [7, 11) is 0. The first-order valence-electron chi connectivity index (χ1n) is 6.48. The minimum Gasteiger partial charge on any atom is -0.313 e. The van der Waals surface area contributed by atoms with Crippen molar-refractivity contribution in [2.24, 2.45) is 0 Å². The zero-order chi connectivity index (χ0) is 14.7. The predicted molar refractivity (Wildman–Crippen MR) is 78.9 cm³/mol. The third-order valence-corrected chi connectivity index (χ3v) is 3.46. The molecule has 0 aliphatic carbocycles. The van der Waals surface area contributed by atoms with Crippen molar-refractivity contribution < 1.29 is 8.78 Å². The molecule has 106 valence electrons. The fourth-order valence-corrected chi connectivity index (χ4v) is 2.27. The molecule has 2 aromatic rings. The Labute approximate surface area is 122 Å². The van der Waals surface area contributed by atoms with Gasteiger partial charge >= 0.3 is 0 Å². The Morgan fingerprint density at radius 2 is 1.80 bits per heavy atom. The minimum absolute atomic E-state index is 0.214. The molecule has 1 nitrogen and oxygen atoms in total. The summed E-state index contributed by atoms with van der Waals surface area (Å²) < 4.78 is 27.6. The van der Waals surface area contributed by atoms with Gasteiger partial charge in [-0.25, -0.2) is 8.78 Å². The van der Waals surface area contributed by atoms with Crippen molar-refractivity contribution in [3.05, 3.63) is 58.1 Å². The molecule has 0 aliphatic rings. The molecule has 2 aromatic carbocycles. The first-order valence-corrected chi connectivity index (χ1v) is 6.86. The van der Waals surface area contributed by atoms with Crippen LogP contribution in [0.3, 0.4) is 0 Å². The van der Waals surface area contributed by atoms with Crippen molar-refractivity contribution in [1.82, 2.24) is 5.32 Å². The van der Waals surface area contributed by atoms with Gasteiger partial charge in [0.25, 0.3) is 0 Å². The summed E-state index contributed by atoms with van der Waals surface area (Å²) in [5, 5.41) is 3.35. The van der Waals surface area contributed by atoms with E-state index in [9.17, 15) is 8.78 Å². The highest BCUT2D eigenvalue weighted by Crippen LogP contribution is 2.32. The second-order valence-corrected chi connectivity index (χ2v) is 5.08. The summed E-state index contributed by atoms with van der Waals surface area (Å²) in [4.78, 5) is 0. The van der Waals surface area contributed by atoms with Gasteiger partial charge in [0, 0.05) is 17.7 Å². The Kier molecular flexibility index (Phi) is 4.73. The Morgan fingerprint density at radius 1 is 1.05 bits per heavy atom. The molecule has 0 aliphatic heterocycles. The van der Waals surface area contributed by atoms with Crippen LogP contribution in [-0.4, -0.2) is 6.54 Å². The van der Waals surface area contributed by atoms with Gasteiger partial charge in [0.05, 0.1) is 5.02 Å². The number of aryl methyl sites for hydroxylation is 1. The second-order valence-electron chi connectivity index (χ2n) is 4.68. The van der Waals surface area contributed by atoms with Gasteiger partial charge in [-0.3, -0.25) is 0 Å². The van der Waals surface area contributed by atoms with Crippen molar-refractivity contribution in [3.63, 3.8) is 0 Å². The van der Waals surface area contributed by atoms with Crippen molar-refractivity contribution in [3.8, 4) is 11.1 Å². The highest BCUT2D eigenvalue weighted by Gasteiger charge is 2.12. The maximum atomic E-state index is 14.2. The van der Waals surface area contributed by atoms with Gasteiger partial charge in [-0.1, -0.05) is 30.7 Å². The number of benzene rings is 2. The summed E-state index contributed by atoms with van der Waals surface area (Å²) in [5.74, 6) is -0.740. The molecule has 0 spiro atoms. The van der Waals surface area contributed by atoms with Crippen LogP contribution in [0.15, 0.2) is 30.3 Å². The van der Waals surface area contributed by atoms with Crippen LogP contribution in [0.5, 0.6) is 0 Å². The van der Waals surface area contributed by atoms with Crippen LogP contribution in [-0.2, 0) is 6.54 Å². The maximum absolute atomic E-state index is 14.2. The molecule has 0 fully saturated rings. The summed E-state index contributed by atoms with van der Waals surface area (Å²) in [6.45, 7) is 5.06. The predicted octanol–water partition coefficient (Wildman–Crippen LogP) is 4.70. The molecule has 0 atom stereocenters. The Morgan fingerprint density at radius 3 is 2.45 bits per heavy atom. The Hall–Kier alpha value is -1.45. The normalized spacial score (nSPS) is 10.8. The zero-order valence-corrected chi connectivity index (χ0v) is 12.2. The monoisotopic (exact) mass is 295 g/mol. The van der Waals surface area contributed by atoms with Gasteiger partial charge in [0.2, 0.25) is 0 Å². The van der Waals surface area contributed by atoms with Crippen LogP contribution >= 0.6 is 11.6 Å². The average molecular weight is 296 g/mol. The lowest BCUT2D eigenvalue weighted by Gasteiger charge is -2.10. The van der Waals surface area contributed by atoms with E-state index in [-0.39, 0.29) is 16.7 Å². The largest absolute Gasteiger partial charge is 0.313 e. The molecule has 0 heterocycles. The lowest BCUT2D eigenvalue weighted by molar-refractivity contribution is 0.617. The molecule has 0 unspecified atom stereocenters. The Bertz CT molecular complexity index is 626. The second kappa shape index (κ2) is 6.33. The number of nitrogens with one attached hydrogen (secondary N) is 1. The molecule has 0 radical (unpaired) electrons. The first-order chi connectivity index (χ1) is 9.52. The van der Waals surface area contributed by atoms with E-state index in [0.717, 1.165) is 12.1 Å². The molecule has 0 saturated carbocycles. The van der Waals surface area contributed by atoms with Gasteiger partial charge < -0.3 is 5.32 Å². The van der Waals surface area contributed by atoms with Crippen LogP contribution in [0.2, 0.25) is 5.02 Å². The zero-order valence-electron chi connectivity index (χ0n) is 11.4. The van der Waals surface area contributed by atoms with E-state index in [1.807, 2.05) is 13.0 Å². The topological polar surface area (TPSA) is 12.0 Å². The molecule has 20 heavy (non-hydrogen) atoms. The highest BCUT2D eigenvalue weighted by molar-refractivity contribution is 6.33. The molecule has 2 rings (SSSR count). The lowest BCUT2D eigenvalue weighted by Crippen LogP contribution is -2.11. The van der Waals surface area contributed by atoms with E-state index in [2.05, 4.69) is 5.32 Å².